The van der Waals surface area contributed by atoms with Gasteiger partial charge in [-0.1, -0.05) is 0 Å². The largest absolute Gasteiger partial charge is 0.497 e. The normalized spacial score (nSPS) is 14.8. The lowest BCUT2D eigenvalue weighted by molar-refractivity contribution is 0.192. The van der Waals surface area contributed by atoms with Crippen LogP contribution in [0.25, 0.3) is 11.5 Å². The van der Waals surface area contributed by atoms with Gasteiger partial charge in [-0.2, -0.15) is 0 Å². The van der Waals surface area contributed by atoms with Crippen molar-refractivity contribution in [3.8, 4) is 23.0 Å². The standard InChI is InChI=1S/C20H23N5O3S/c1-26-16-3-4-17(18(13-16)27-2)19-22-25(20(29)28-19)14-23-9-11-24(12-10-23)15-5-7-21-8-6-15/h3-8,13H,9-12,14H2,1-2H3. The fraction of sp³-hybridized carbons (Fsp3) is 0.350. The summed E-state index contributed by atoms with van der Waals surface area (Å²) in [7, 11) is 3.22. The Kier molecular flexibility index (Phi) is 5.77. The van der Waals surface area contributed by atoms with Gasteiger partial charge in [0.05, 0.1) is 26.5 Å². The molecule has 152 valence electrons. The summed E-state index contributed by atoms with van der Waals surface area (Å²) in [6.45, 7) is 4.30. The van der Waals surface area contributed by atoms with E-state index in [1.165, 1.54) is 5.69 Å². The fourth-order valence-corrected chi connectivity index (χ4v) is 3.55. The third-order valence-electron chi connectivity index (χ3n) is 4.98. The van der Waals surface area contributed by atoms with Crippen molar-refractivity contribution in [2.24, 2.45) is 0 Å². The molecule has 0 amide bonds. The minimum absolute atomic E-state index is 0.342. The Labute approximate surface area is 174 Å². The van der Waals surface area contributed by atoms with Gasteiger partial charge in [0.25, 0.3) is 10.7 Å². The van der Waals surface area contributed by atoms with Crippen molar-refractivity contribution in [3.63, 3.8) is 0 Å². The van der Waals surface area contributed by atoms with E-state index < -0.39 is 0 Å². The number of benzene rings is 1. The van der Waals surface area contributed by atoms with Gasteiger partial charge in [0.2, 0.25) is 0 Å². The zero-order chi connectivity index (χ0) is 20.2. The average molecular weight is 414 g/mol. The predicted molar refractivity (Wildman–Crippen MR) is 112 cm³/mol. The second-order valence-corrected chi connectivity index (χ2v) is 7.04. The van der Waals surface area contributed by atoms with Crippen LogP contribution in [0.4, 0.5) is 5.69 Å². The van der Waals surface area contributed by atoms with E-state index in [9.17, 15) is 0 Å². The van der Waals surface area contributed by atoms with Gasteiger partial charge in [-0.3, -0.25) is 9.88 Å². The summed E-state index contributed by atoms with van der Waals surface area (Å²) in [4.78, 5) is 9.09. The molecular formula is C20H23N5O3S. The quantitative estimate of drug-likeness (QED) is 0.571. The number of hydrogen-bond donors (Lipinski definition) is 0. The van der Waals surface area contributed by atoms with Crippen LogP contribution < -0.4 is 14.4 Å². The maximum atomic E-state index is 5.75. The average Bonchev–Trinajstić information content (AvgIpc) is 3.14. The highest BCUT2D eigenvalue weighted by atomic mass is 32.1. The van der Waals surface area contributed by atoms with Gasteiger partial charge in [0.15, 0.2) is 0 Å². The van der Waals surface area contributed by atoms with Crippen molar-refractivity contribution in [1.82, 2.24) is 19.7 Å². The minimum Gasteiger partial charge on any atom is -0.497 e. The Hall–Kier alpha value is -2.91. The predicted octanol–water partition coefficient (Wildman–Crippen LogP) is 3.06. The van der Waals surface area contributed by atoms with Crippen molar-refractivity contribution in [2.45, 2.75) is 6.67 Å². The van der Waals surface area contributed by atoms with E-state index in [0.29, 0.717) is 28.9 Å². The maximum absolute atomic E-state index is 5.75. The van der Waals surface area contributed by atoms with Gasteiger partial charge >= 0.3 is 0 Å². The molecule has 1 aliphatic heterocycles. The molecule has 0 aliphatic carbocycles. The first-order valence-corrected chi connectivity index (χ1v) is 9.76. The SMILES string of the molecule is COc1ccc(-c2nn(CN3CCN(c4ccncc4)CC3)c(=S)o2)c(OC)c1. The van der Waals surface area contributed by atoms with Crippen molar-refractivity contribution in [3.05, 3.63) is 47.6 Å². The molecule has 0 saturated carbocycles. The summed E-state index contributed by atoms with van der Waals surface area (Å²) in [5.74, 6) is 1.76. The number of rotatable bonds is 6. The molecule has 4 rings (SSSR count). The zero-order valence-corrected chi connectivity index (χ0v) is 17.3. The molecule has 29 heavy (non-hydrogen) atoms. The van der Waals surface area contributed by atoms with E-state index in [0.717, 1.165) is 31.7 Å². The Balaban J connectivity index is 1.45. The Morgan fingerprint density at radius 3 is 2.48 bits per heavy atom. The molecule has 0 radical (unpaired) electrons. The number of methoxy groups -OCH3 is 2. The van der Waals surface area contributed by atoms with Crippen LogP contribution in [0.2, 0.25) is 0 Å². The van der Waals surface area contributed by atoms with Gasteiger partial charge in [-0.15, -0.1) is 5.10 Å². The van der Waals surface area contributed by atoms with Gasteiger partial charge < -0.3 is 18.8 Å². The maximum Gasteiger partial charge on any atom is 0.288 e. The summed E-state index contributed by atoms with van der Waals surface area (Å²) >= 11 is 5.39. The van der Waals surface area contributed by atoms with Crippen LogP contribution in [0.5, 0.6) is 11.5 Å². The van der Waals surface area contributed by atoms with Crippen LogP contribution in [0.3, 0.4) is 0 Å². The highest BCUT2D eigenvalue weighted by Gasteiger charge is 2.20. The number of aromatic nitrogens is 3. The van der Waals surface area contributed by atoms with Gasteiger partial charge in [-0.25, -0.2) is 4.68 Å². The van der Waals surface area contributed by atoms with Gasteiger partial charge in [0, 0.05) is 50.3 Å². The highest BCUT2D eigenvalue weighted by molar-refractivity contribution is 7.71. The molecule has 0 spiro atoms. The molecule has 3 heterocycles. The molecule has 8 nitrogen and oxygen atoms in total. The Bertz CT molecular complexity index is 1010. The summed E-state index contributed by atoms with van der Waals surface area (Å²) in [5, 5.41) is 4.58. The molecule has 1 aliphatic rings. The van der Waals surface area contributed by atoms with Gasteiger partial charge in [0.1, 0.15) is 11.5 Å². The van der Waals surface area contributed by atoms with E-state index in [4.69, 9.17) is 26.1 Å². The Morgan fingerprint density at radius 2 is 1.79 bits per heavy atom. The van der Waals surface area contributed by atoms with Gasteiger partial charge in [-0.05, 0) is 36.5 Å². The number of anilines is 1. The molecule has 1 fully saturated rings. The molecule has 0 unspecified atom stereocenters. The number of pyridine rings is 1. The number of piperazine rings is 1. The number of ether oxygens (including phenoxy) is 2. The lowest BCUT2D eigenvalue weighted by atomic mass is 10.2. The molecule has 1 aromatic carbocycles. The van der Waals surface area contributed by atoms with Crippen LogP contribution in [-0.2, 0) is 6.67 Å². The zero-order valence-electron chi connectivity index (χ0n) is 16.4. The Morgan fingerprint density at radius 1 is 1.03 bits per heavy atom. The first-order valence-electron chi connectivity index (χ1n) is 9.35. The summed E-state index contributed by atoms with van der Waals surface area (Å²) in [5.41, 5.74) is 1.94. The van der Waals surface area contributed by atoms with Crippen molar-refractivity contribution >= 4 is 17.9 Å². The molecule has 2 aromatic heterocycles. The first kappa shape index (κ1) is 19.4. The van der Waals surface area contributed by atoms with E-state index in [1.54, 1.807) is 25.0 Å². The first-order chi connectivity index (χ1) is 14.2. The molecule has 1 saturated heterocycles. The van der Waals surface area contributed by atoms with Crippen LogP contribution in [0.15, 0.2) is 47.1 Å². The van der Waals surface area contributed by atoms with Crippen LogP contribution >= 0.6 is 12.2 Å². The van der Waals surface area contributed by atoms with Crippen molar-refractivity contribution in [1.29, 1.82) is 0 Å². The molecule has 0 atom stereocenters. The van der Waals surface area contributed by atoms with E-state index >= 15 is 0 Å². The van der Waals surface area contributed by atoms with Crippen molar-refractivity contribution < 1.29 is 13.9 Å². The topological polar surface area (TPSA) is 68.8 Å². The smallest absolute Gasteiger partial charge is 0.288 e. The van der Waals surface area contributed by atoms with E-state index in [1.807, 2.05) is 36.7 Å². The fourth-order valence-electron chi connectivity index (χ4n) is 3.37. The minimum atomic E-state index is 0.342. The van der Waals surface area contributed by atoms with Crippen LogP contribution in [0, 0.1) is 4.84 Å². The summed E-state index contributed by atoms with van der Waals surface area (Å²) in [6, 6.07) is 9.57. The second kappa shape index (κ2) is 8.62. The van der Waals surface area contributed by atoms with Crippen LogP contribution in [-0.4, -0.2) is 60.1 Å². The summed E-state index contributed by atoms with van der Waals surface area (Å²) < 4.78 is 18.2. The molecule has 0 bridgehead atoms. The van der Waals surface area contributed by atoms with E-state index in [-0.39, 0.29) is 0 Å². The monoisotopic (exact) mass is 413 g/mol. The lowest BCUT2D eigenvalue weighted by Crippen LogP contribution is -2.46. The lowest BCUT2D eigenvalue weighted by Gasteiger charge is -2.35. The molecule has 0 N–H and O–H groups in total. The second-order valence-electron chi connectivity index (χ2n) is 6.69. The molecular weight excluding hydrogens is 390 g/mol. The van der Waals surface area contributed by atoms with Crippen molar-refractivity contribution in [2.75, 3.05) is 45.3 Å². The highest BCUT2D eigenvalue weighted by Crippen LogP contribution is 2.32. The molecule has 9 heteroatoms. The summed E-state index contributed by atoms with van der Waals surface area (Å²) in [6.07, 6.45) is 3.65. The number of hydrogen-bond acceptors (Lipinski definition) is 8. The number of nitrogens with zero attached hydrogens (tertiary/aromatic N) is 5. The third kappa shape index (κ3) is 4.25. The third-order valence-corrected chi connectivity index (χ3v) is 5.27. The molecule has 3 aromatic rings. The van der Waals surface area contributed by atoms with Crippen LogP contribution in [0.1, 0.15) is 0 Å². The van der Waals surface area contributed by atoms with E-state index in [2.05, 4.69) is 19.9 Å².